The lowest BCUT2D eigenvalue weighted by Gasteiger charge is -2.09. The van der Waals surface area contributed by atoms with Crippen LogP contribution in [0.25, 0.3) is 6.08 Å². The van der Waals surface area contributed by atoms with Crippen molar-refractivity contribution in [2.24, 2.45) is 0 Å². The van der Waals surface area contributed by atoms with Crippen LogP contribution in [0, 0.1) is 0 Å². The van der Waals surface area contributed by atoms with Gasteiger partial charge in [0.1, 0.15) is 11.5 Å². The molecule has 0 fully saturated rings. The van der Waals surface area contributed by atoms with Crippen molar-refractivity contribution >= 4 is 17.8 Å². The number of ketones is 1. The predicted molar refractivity (Wildman–Crippen MR) is 71.6 cm³/mol. The first-order chi connectivity index (χ1) is 9.42. The highest BCUT2D eigenvalue weighted by atomic mass is 16.6. The van der Waals surface area contributed by atoms with Crippen LogP contribution < -0.4 is 0 Å². The molecule has 2 N–H and O–H groups in total. The fourth-order valence-electron chi connectivity index (χ4n) is 1.60. The van der Waals surface area contributed by atoms with E-state index in [-0.39, 0.29) is 28.4 Å². The number of rotatable bonds is 5. The summed E-state index contributed by atoms with van der Waals surface area (Å²) in [4.78, 5) is 22.6. The molecule has 0 heterocycles. The number of phenols is 2. The van der Waals surface area contributed by atoms with Gasteiger partial charge in [-0.2, -0.15) is 0 Å². The monoisotopic (exact) mass is 280 g/mol. The first kappa shape index (κ1) is 15.7. The van der Waals surface area contributed by atoms with Gasteiger partial charge in [0.05, 0.1) is 18.2 Å². The normalized spacial score (nSPS) is 12.3. The summed E-state index contributed by atoms with van der Waals surface area (Å²) in [6.07, 6.45) is 1.63. The maximum atomic E-state index is 11.3. The van der Waals surface area contributed by atoms with Crippen LogP contribution in [0.5, 0.6) is 11.5 Å². The zero-order valence-corrected chi connectivity index (χ0v) is 11.4. The highest BCUT2D eigenvalue weighted by Gasteiger charge is 2.17. The lowest BCUT2D eigenvalue weighted by Crippen LogP contribution is -2.21. The molecule has 20 heavy (non-hydrogen) atoms. The van der Waals surface area contributed by atoms with E-state index in [4.69, 9.17) is 4.74 Å². The topological polar surface area (TPSA) is 93.1 Å². The van der Waals surface area contributed by atoms with Gasteiger partial charge in [-0.3, -0.25) is 4.79 Å². The molecule has 0 radical (unpaired) electrons. The van der Waals surface area contributed by atoms with E-state index in [0.717, 1.165) is 0 Å². The summed E-state index contributed by atoms with van der Waals surface area (Å²) in [5.74, 6) is -1.53. The van der Waals surface area contributed by atoms with Gasteiger partial charge in [-0.05, 0) is 31.2 Å². The van der Waals surface area contributed by atoms with E-state index in [2.05, 4.69) is 4.74 Å². The summed E-state index contributed by atoms with van der Waals surface area (Å²) in [7, 11) is 2.53. The molecule has 0 saturated carbocycles. The van der Waals surface area contributed by atoms with E-state index in [1.165, 1.54) is 45.4 Å². The molecule has 0 spiro atoms. The van der Waals surface area contributed by atoms with Crippen LogP contribution in [0.2, 0.25) is 0 Å². The van der Waals surface area contributed by atoms with Gasteiger partial charge >= 0.3 is 5.97 Å². The molecule has 0 saturated heterocycles. The Bertz CT molecular complexity index is 547. The van der Waals surface area contributed by atoms with E-state index in [9.17, 15) is 19.8 Å². The largest absolute Gasteiger partial charge is 0.507 e. The van der Waals surface area contributed by atoms with Crippen LogP contribution in [-0.4, -0.2) is 42.3 Å². The summed E-state index contributed by atoms with van der Waals surface area (Å²) in [6, 6.07) is 2.61. The molecule has 0 aliphatic carbocycles. The third-order valence-corrected chi connectivity index (χ3v) is 2.70. The molecule has 6 nitrogen and oxygen atoms in total. The zero-order valence-electron chi connectivity index (χ0n) is 11.4. The van der Waals surface area contributed by atoms with Gasteiger partial charge in [0.2, 0.25) is 0 Å². The Kier molecular flexibility index (Phi) is 5.28. The molecule has 6 heteroatoms. The van der Waals surface area contributed by atoms with Crippen molar-refractivity contribution in [2.45, 2.75) is 13.0 Å². The number of hydrogen-bond donors (Lipinski definition) is 2. The molecule has 0 aliphatic heterocycles. The Labute approximate surface area is 116 Å². The molecule has 0 aromatic heterocycles. The molecule has 0 amide bonds. The third-order valence-electron chi connectivity index (χ3n) is 2.70. The van der Waals surface area contributed by atoms with Crippen molar-refractivity contribution in [1.29, 1.82) is 0 Å². The standard InChI is InChI=1S/C14H16O6/c1-8(15)9-4-6-11(16)10(13(9)17)5-7-12(19-2)14(18)20-3/h4-7,12,16-17H,1-3H3/b7-5+/t12-/m1/s1. The summed E-state index contributed by atoms with van der Waals surface area (Å²) in [5, 5.41) is 19.6. The van der Waals surface area contributed by atoms with Gasteiger partial charge in [-0.1, -0.05) is 0 Å². The second kappa shape index (κ2) is 6.72. The summed E-state index contributed by atoms with van der Waals surface area (Å²) < 4.78 is 9.41. The van der Waals surface area contributed by atoms with Gasteiger partial charge in [-0.15, -0.1) is 0 Å². The van der Waals surface area contributed by atoms with E-state index in [0.29, 0.717) is 0 Å². The molecule has 1 aromatic rings. The zero-order chi connectivity index (χ0) is 15.3. The minimum absolute atomic E-state index is 0.0312. The number of Topliss-reactive ketones (excluding diaryl/α,β-unsaturated/α-hetero) is 1. The fourth-order valence-corrected chi connectivity index (χ4v) is 1.60. The molecule has 1 rings (SSSR count). The van der Waals surface area contributed by atoms with Crippen molar-refractivity contribution in [3.05, 3.63) is 29.3 Å². The lowest BCUT2D eigenvalue weighted by atomic mass is 10.0. The van der Waals surface area contributed by atoms with Crippen LogP contribution in [0.3, 0.4) is 0 Å². The van der Waals surface area contributed by atoms with Crippen LogP contribution >= 0.6 is 0 Å². The van der Waals surface area contributed by atoms with Crippen molar-refractivity contribution in [3.8, 4) is 11.5 Å². The molecular formula is C14H16O6. The smallest absolute Gasteiger partial charge is 0.339 e. The quantitative estimate of drug-likeness (QED) is 0.627. The fraction of sp³-hybridized carbons (Fsp3) is 0.286. The highest BCUT2D eigenvalue weighted by Crippen LogP contribution is 2.32. The predicted octanol–water partition coefficient (Wildman–Crippen LogP) is 1.50. The summed E-state index contributed by atoms with van der Waals surface area (Å²) in [6.45, 7) is 1.30. The molecule has 1 atom stereocenters. The number of ether oxygens (including phenoxy) is 2. The van der Waals surface area contributed by atoms with Gasteiger partial charge in [0.15, 0.2) is 11.9 Å². The average molecular weight is 280 g/mol. The minimum Gasteiger partial charge on any atom is -0.507 e. The maximum absolute atomic E-state index is 11.3. The lowest BCUT2D eigenvalue weighted by molar-refractivity contribution is -0.149. The van der Waals surface area contributed by atoms with Gasteiger partial charge in [0, 0.05) is 7.11 Å². The summed E-state index contributed by atoms with van der Waals surface area (Å²) in [5.41, 5.74) is 0.109. The SMILES string of the molecule is COC(=O)[C@@H](/C=C/c1c(O)ccc(C(C)=O)c1O)OC. The second-order valence-corrected chi connectivity index (χ2v) is 3.99. The van der Waals surface area contributed by atoms with Gasteiger partial charge in [-0.25, -0.2) is 4.79 Å². The van der Waals surface area contributed by atoms with Crippen LogP contribution in [-0.2, 0) is 14.3 Å². The van der Waals surface area contributed by atoms with E-state index >= 15 is 0 Å². The molecule has 108 valence electrons. The second-order valence-electron chi connectivity index (χ2n) is 3.99. The Morgan fingerprint density at radius 2 is 1.90 bits per heavy atom. The van der Waals surface area contributed by atoms with Gasteiger partial charge in [0.25, 0.3) is 0 Å². The number of esters is 1. The Balaban J connectivity index is 3.17. The maximum Gasteiger partial charge on any atom is 0.339 e. The van der Waals surface area contributed by atoms with Crippen LogP contribution in [0.1, 0.15) is 22.8 Å². The van der Waals surface area contributed by atoms with Gasteiger partial charge < -0.3 is 19.7 Å². The third kappa shape index (κ3) is 3.36. The Morgan fingerprint density at radius 3 is 2.40 bits per heavy atom. The highest BCUT2D eigenvalue weighted by molar-refractivity contribution is 5.98. The molecule has 1 aromatic carbocycles. The number of aromatic hydroxyl groups is 2. The van der Waals surface area contributed by atoms with Crippen molar-refractivity contribution in [3.63, 3.8) is 0 Å². The molecule has 0 bridgehead atoms. The number of carbonyl (C=O) groups excluding carboxylic acids is 2. The van der Waals surface area contributed by atoms with E-state index in [1.54, 1.807) is 0 Å². The average Bonchev–Trinajstić information content (AvgIpc) is 2.41. The number of methoxy groups -OCH3 is 2. The number of carbonyl (C=O) groups is 2. The first-order valence-corrected chi connectivity index (χ1v) is 5.77. The Hall–Kier alpha value is -2.34. The van der Waals surface area contributed by atoms with Crippen LogP contribution in [0.4, 0.5) is 0 Å². The van der Waals surface area contributed by atoms with E-state index < -0.39 is 12.1 Å². The number of phenolic OH excluding ortho intramolecular Hbond substituents is 2. The summed E-state index contributed by atoms with van der Waals surface area (Å²) >= 11 is 0. The van der Waals surface area contributed by atoms with Crippen molar-refractivity contribution in [1.82, 2.24) is 0 Å². The van der Waals surface area contributed by atoms with Crippen LogP contribution in [0.15, 0.2) is 18.2 Å². The number of hydrogen-bond acceptors (Lipinski definition) is 6. The minimum atomic E-state index is -0.972. The molecular weight excluding hydrogens is 264 g/mol. The molecule has 0 unspecified atom stereocenters. The van der Waals surface area contributed by atoms with E-state index in [1.807, 2.05) is 0 Å². The Morgan fingerprint density at radius 1 is 1.25 bits per heavy atom. The first-order valence-electron chi connectivity index (χ1n) is 5.77. The van der Waals surface area contributed by atoms with Crippen molar-refractivity contribution in [2.75, 3.05) is 14.2 Å². The number of benzene rings is 1. The van der Waals surface area contributed by atoms with Crippen molar-refractivity contribution < 1.29 is 29.3 Å². The molecule has 0 aliphatic rings.